The molecule has 90 valence electrons. The van der Waals surface area contributed by atoms with Gasteiger partial charge in [0.05, 0.1) is 4.90 Å². The van der Waals surface area contributed by atoms with Gasteiger partial charge in [-0.1, -0.05) is 30.3 Å². The summed E-state index contributed by atoms with van der Waals surface area (Å²) in [6, 6.07) is 16.4. The van der Waals surface area contributed by atoms with Crippen LogP contribution in [0.15, 0.2) is 59.5 Å². The summed E-state index contributed by atoms with van der Waals surface area (Å²) < 4.78 is 25.2. The molecule has 0 amide bonds. The molecule has 0 fully saturated rings. The van der Waals surface area contributed by atoms with Crippen LogP contribution in [-0.4, -0.2) is 38.3 Å². The molecule has 0 aliphatic carbocycles. The Morgan fingerprint density at radius 3 is 2.17 bits per heavy atom. The van der Waals surface area contributed by atoms with Crippen molar-refractivity contribution in [1.29, 1.82) is 0 Å². The van der Waals surface area contributed by atoms with Crippen molar-refractivity contribution in [3.63, 3.8) is 0 Å². The van der Waals surface area contributed by atoms with E-state index in [0.29, 0.717) is 17.3 Å². The summed E-state index contributed by atoms with van der Waals surface area (Å²) in [5.74, 6) is 0.683. The molecule has 0 saturated heterocycles. The molecule has 2 aromatic carbocycles. The van der Waals surface area contributed by atoms with E-state index >= 15 is 0 Å². The van der Waals surface area contributed by atoms with Gasteiger partial charge >= 0.3 is 29.6 Å². The molecule has 0 aliphatic rings. The maximum atomic E-state index is 10.8. The van der Waals surface area contributed by atoms with Crippen LogP contribution >= 0.6 is 0 Å². The molecule has 3 nitrogen and oxygen atoms in total. The van der Waals surface area contributed by atoms with Crippen molar-refractivity contribution in [3.8, 4) is 5.75 Å². The van der Waals surface area contributed by atoms with Gasteiger partial charge in [0.2, 0.25) is 0 Å². The fraction of sp³-hybridized carbons (Fsp3) is 0.0769. The van der Waals surface area contributed by atoms with Crippen molar-refractivity contribution in [3.05, 3.63) is 60.2 Å². The first-order valence-corrected chi connectivity index (χ1v) is 6.24. The molecule has 1 unspecified atom stereocenters. The van der Waals surface area contributed by atoms with Crippen molar-refractivity contribution in [2.75, 3.05) is 0 Å². The third-order valence-electron chi connectivity index (χ3n) is 2.27. The van der Waals surface area contributed by atoms with Crippen molar-refractivity contribution in [2.24, 2.45) is 0 Å². The second-order valence-electron chi connectivity index (χ2n) is 3.49. The van der Waals surface area contributed by atoms with Gasteiger partial charge in [-0.15, -0.1) is 0 Å². The first kappa shape index (κ1) is 15.4. The third kappa shape index (κ3) is 4.55. The van der Waals surface area contributed by atoms with Gasteiger partial charge in [-0.25, -0.2) is 4.21 Å². The van der Waals surface area contributed by atoms with E-state index in [4.69, 9.17) is 9.29 Å². The van der Waals surface area contributed by atoms with E-state index in [0.717, 1.165) is 5.56 Å². The molecule has 18 heavy (non-hydrogen) atoms. The molecule has 0 saturated carbocycles. The first-order chi connectivity index (χ1) is 8.25. The second-order valence-corrected chi connectivity index (χ2v) is 4.46. The number of hydrogen-bond acceptors (Lipinski definition) is 2. The molecule has 2 rings (SSSR count). The van der Waals surface area contributed by atoms with Crippen LogP contribution in [-0.2, 0) is 17.7 Å². The normalized spacial score (nSPS) is 11.4. The van der Waals surface area contributed by atoms with Crippen LogP contribution in [0.3, 0.4) is 0 Å². The molecule has 0 radical (unpaired) electrons. The van der Waals surface area contributed by atoms with Gasteiger partial charge in [0.25, 0.3) is 0 Å². The Kier molecular flexibility index (Phi) is 6.60. The van der Waals surface area contributed by atoms with Crippen LogP contribution in [0.2, 0.25) is 0 Å². The zero-order chi connectivity index (χ0) is 12.1. The molecular formula is C13H13NaO3S. The average Bonchev–Trinajstić information content (AvgIpc) is 2.38. The zero-order valence-corrected chi connectivity index (χ0v) is 9.89. The Labute approximate surface area is 131 Å². The molecule has 0 aromatic heterocycles. The van der Waals surface area contributed by atoms with E-state index in [9.17, 15) is 4.21 Å². The van der Waals surface area contributed by atoms with Crippen molar-refractivity contribution in [2.45, 2.75) is 11.5 Å². The van der Waals surface area contributed by atoms with Crippen LogP contribution in [0.25, 0.3) is 0 Å². The van der Waals surface area contributed by atoms with E-state index in [-0.39, 0.29) is 29.6 Å². The van der Waals surface area contributed by atoms with Crippen molar-refractivity contribution in [1.82, 2.24) is 0 Å². The third-order valence-corrected chi connectivity index (χ3v) is 2.95. The van der Waals surface area contributed by atoms with E-state index in [2.05, 4.69) is 0 Å². The van der Waals surface area contributed by atoms with Crippen LogP contribution in [0.1, 0.15) is 5.56 Å². The summed E-state index contributed by atoms with van der Waals surface area (Å²) in [5.41, 5.74) is 1.09. The summed E-state index contributed by atoms with van der Waals surface area (Å²) in [7, 11) is 0. The summed E-state index contributed by atoms with van der Waals surface area (Å²) in [6.07, 6.45) is 0. The van der Waals surface area contributed by atoms with Gasteiger partial charge in [-0.3, -0.25) is 0 Å². The Hall–Kier alpha value is -0.650. The van der Waals surface area contributed by atoms with Crippen LogP contribution in [0, 0.1) is 0 Å². The van der Waals surface area contributed by atoms with Crippen molar-refractivity contribution < 1.29 is 13.5 Å². The molecule has 0 bridgehead atoms. The number of hydrogen-bond donors (Lipinski definition) is 1. The predicted molar refractivity (Wildman–Crippen MR) is 73.4 cm³/mol. The van der Waals surface area contributed by atoms with Crippen molar-refractivity contribution >= 4 is 40.6 Å². The Bertz CT molecular complexity index is 499. The van der Waals surface area contributed by atoms with E-state index in [1.165, 1.54) is 0 Å². The summed E-state index contributed by atoms with van der Waals surface area (Å²) in [4.78, 5) is 0.372. The summed E-state index contributed by atoms with van der Waals surface area (Å²) in [6.45, 7) is 0.488. The van der Waals surface area contributed by atoms with Gasteiger partial charge in [0, 0.05) is 0 Å². The first-order valence-electron chi connectivity index (χ1n) is 5.13. The van der Waals surface area contributed by atoms with Gasteiger partial charge in [-0.2, -0.15) is 0 Å². The standard InChI is InChI=1S/C13H12O3S.Na.H/c14-17(15)13-8-6-12(7-9-13)16-10-11-4-2-1-3-5-11;;/h1-9H,10H2,(H,14,15);;. The monoisotopic (exact) mass is 272 g/mol. The number of rotatable bonds is 4. The maximum absolute atomic E-state index is 10.8. The Morgan fingerprint density at radius 2 is 1.61 bits per heavy atom. The minimum absolute atomic E-state index is 0. The predicted octanol–water partition coefficient (Wildman–Crippen LogP) is 2.20. The SMILES string of the molecule is O=S(O)c1ccc(OCc2ccccc2)cc1.[NaH]. The van der Waals surface area contributed by atoms with Gasteiger partial charge in [0.1, 0.15) is 12.4 Å². The van der Waals surface area contributed by atoms with Gasteiger partial charge < -0.3 is 9.29 Å². The zero-order valence-electron chi connectivity index (χ0n) is 9.08. The van der Waals surface area contributed by atoms with E-state index in [1.54, 1.807) is 24.3 Å². The molecule has 5 heteroatoms. The number of ether oxygens (including phenoxy) is 1. The molecule has 0 spiro atoms. The summed E-state index contributed by atoms with van der Waals surface area (Å²) >= 11 is -1.93. The van der Waals surface area contributed by atoms with Gasteiger partial charge in [0.15, 0.2) is 11.1 Å². The van der Waals surface area contributed by atoms with E-state index < -0.39 is 11.1 Å². The minimum atomic E-state index is -1.93. The van der Waals surface area contributed by atoms with Crippen LogP contribution in [0.4, 0.5) is 0 Å². The molecule has 0 heterocycles. The quantitative estimate of drug-likeness (QED) is 0.685. The van der Waals surface area contributed by atoms with Crippen LogP contribution < -0.4 is 4.74 Å². The fourth-order valence-corrected chi connectivity index (χ4v) is 1.76. The van der Waals surface area contributed by atoms with Crippen LogP contribution in [0.5, 0.6) is 5.75 Å². The van der Waals surface area contributed by atoms with Gasteiger partial charge in [-0.05, 0) is 29.8 Å². The molecular weight excluding hydrogens is 259 g/mol. The molecule has 0 aliphatic heterocycles. The fourth-order valence-electron chi connectivity index (χ4n) is 1.39. The number of benzene rings is 2. The Morgan fingerprint density at radius 1 is 1.00 bits per heavy atom. The second kappa shape index (κ2) is 7.71. The topological polar surface area (TPSA) is 46.5 Å². The molecule has 1 atom stereocenters. The summed E-state index contributed by atoms with van der Waals surface area (Å²) in [5, 5.41) is 0. The Balaban J connectivity index is 0.00000162. The van der Waals surface area contributed by atoms with E-state index in [1.807, 2.05) is 30.3 Å². The molecule has 1 N–H and O–H groups in total. The average molecular weight is 272 g/mol. The molecule has 2 aromatic rings.